The van der Waals surface area contributed by atoms with Crippen LogP contribution >= 0.6 is 0 Å². The summed E-state index contributed by atoms with van der Waals surface area (Å²) in [5.41, 5.74) is 0.964. The first-order chi connectivity index (χ1) is 10.3. The molecule has 1 aromatic rings. The minimum absolute atomic E-state index is 0.250. The van der Waals surface area contributed by atoms with Crippen LogP contribution in [0.2, 0.25) is 0 Å². The van der Waals surface area contributed by atoms with Crippen molar-refractivity contribution < 1.29 is 14.3 Å². The van der Waals surface area contributed by atoms with E-state index in [-0.39, 0.29) is 5.91 Å². The van der Waals surface area contributed by atoms with Crippen LogP contribution in [-0.4, -0.2) is 43.7 Å². The van der Waals surface area contributed by atoms with Gasteiger partial charge in [-0.3, -0.25) is 4.79 Å². The molecule has 5 nitrogen and oxygen atoms in total. The number of likely N-dealkylation sites (tertiary alicyclic amines) is 1. The number of fused-ring (bicyclic) bond motifs is 1. The lowest BCUT2D eigenvalue weighted by Gasteiger charge is -2.26. The maximum atomic E-state index is 12.1. The van der Waals surface area contributed by atoms with E-state index in [1.165, 1.54) is 6.42 Å². The molecule has 21 heavy (non-hydrogen) atoms. The number of anilines is 1. The molecule has 0 aliphatic carbocycles. The van der Waals surface area contributed by atoms with E-state index in [0.717, 1.165) is 43.1 Å². The highest BCUT2D eigenvalue weighted by Gasteiger charge is 2.16. The van der Waals surface area contributed by atoms with Gasteiger partial charge in [-0.15, -0.1) is 0 Å². The Morgan fingerprint density at radius 2 is 1.86 bits per heavy atom. The van der Waals surface area contributed by atoms with Gasteiger partial charge < -0.3 is 19.7 Å². The summed E-state index contributed by atoms with van der Waals surface area (Å²) in [5, 5.41) is 3.28. The van der Waals surface area contributed by atoms with Gasteiger partial charge >= 0.3 is 0 Å². The molecule has 1 N–H and O–H groups in total. The van der Waals surface area contributed by atoms with Gasteiger partial charge in [-0.05, 0) is 31.4 Å². The Hall–Kier alpha value is -1.91. The van der Waals surface area contributed by atoms with E-state index in [0.29, 0.717) is 26.2 Å². The highest BCUT2D eigenvalue weighted by Crippen LogP contribution is 2.32. The van der Waals surface area contributed by atoms with Crippen LogP contribution in [0.15, 0.2) is 18.2 Å². The molecule has 0 spiro atoms. The first-order valence-corrected chi connectivity index (χ1v) is 7.74. The quantitative estimate of drug-likeness (QED) is 0.924. The van der Waals surface area contributed by atoms with Gasteiger partial charge in [-0.1, -0.05) is 0 Å². The Labute approximate surface area is 125 Å². The smallest absolute Gasteiger partial charge is 0.224 e. The first kappa shape index (κ1) is 14.0. The topological polar surface area (TPSA) is 50.8 Å². The number of ether oxygens (including phenoxy) is 2. The van der Waals surface area contributed by atoms with E-state index in [1.54, 1.807) is 0 Å². The third-order valence-corrected chi connectivity index (χ3v) is 3.92. The SMILES string of the molecule is O=C(CCNc1ccc2c(c1)OCCO2)N1CCCCC1. The number of hydrogen-bond acceptors (Lipinski definition) is 4. The van der Waals surface area contributed by atoms with Crippen LogP contribution in [-0.2, 0) is 4.79 Å². The van der Waals surface area contributed by atoms with Gasteiger partial charge in [-0.2, -0.15) is 0 Å². The van der Waals surface area contributed by atoms with Crippen molar-refractivity contribution in [3.63, 3.8) is 0 Å². The van der Waals surface area contributed by atoms with E-state index >= 15 is 0 Å². The molecule has 1 amide bonds. The van der Waals surface area contributed by atoms with Crippen LogP contribution in [0.4, 0.5) is 5.69 Å². The molecule has 2 heterocycles. The number of nitrogens with one attached hydrogen (secondary N) is 1. The number of nitrogens with zero attached hydrogens (tertiary/aromatic N) is 1. The average molecular weight is 290 g/mol. The van der Waals surface area contributed by atoms with E-state index in [9.17, 15) is 4.79 Å². The molecule has 0 bridgehead atoms. The molecule has 2 aliphatic heterocycles. The summed E-state index contributed by atoms with van der Waals surface area (Å²) in [6, 6.07) is 5.79. The molecule has 5 heteroatoms. The minimum atomic E-state index is 0.250. The molecule has 0 aromatic heterocycles. The van der Waals surface area contributed by atoms with Gasteiger partial charge in [0.15, 0.2) is 11.5 Å². The predicted molar refractivity (Wildman–Crippen MR) is 81.0 cm³/mol. The van der Waals surface area contributed by atoms with Crippen molar-refractivity contribution in [2.24, 2.45) is 0 Å². The van der Waals surface area contributed by atoms with Crippen LogP contribution in [0.5, 0.6) is 11.5 Å². The molecular formula is C16H22N2O3. The lowest BCUT2D eigenvalue weighted by molar-refractivity contribution is -0.131. The van der Waals surface area contributed by atoms with Crippen LogP contribution in [0.25, 0.3) is 0 Å². The molecule has 0 radical (unpaired) electrons. The number of carbonyl (C=O) groups is 1. The summed E-state index contributed by atoms with van der Waals surface area (Å²) < 4.78 is 11.0. The fraction of sp³-hybridized carbons (Fsp3) is 0.562. The van der Waals surface area contributed by atoms with Crippen molar-refractivity contribution >= 4 is 11.6 Å². The average Bonchev–Trinajstić information content (AvgIpc) is 2.55. The number of amides is 1. The maximum absolute atomic E-state index is 12.1. The normalized spacial score (nSPS) is 17.4. The molecule has 0 atom stereocenters. The Balaban J connectivity index is 1.47. The summed E-state index contributed by atoms with van der Waals surface area (Å²) in [6.45, 7) is 3.68. The van der Waals surface area contributed by atoms with Gasteiger partial charge in [0.2, 0.25) is 5.91 Å². The van der Waals surface area contributed by atoms with Crippen molar-refractivity contribution in [3.8, 4) is 11.5 Å². The Morgan fingerprint density at radius 1 is 1.10 bits per heavy atom. The van der Waals surface area contributed by atoms with Crippen LogP contribution in [0.1, 0.15) is 25.7 Å². The van der Waals surface area contributed by atoms with Crippen molar-refractivity contribution in [3.05, 3.63) is 18.2 Å². The number of benzene rings is 1. The molecule has 0 unspecified atom stereocenters. The predicted octanol–water partition coefficient (Wildman–Crippen LogP) is 2.27. The van der Waals surface area contributed by atoms with Crippen LogP contribution < -0.4 is 14.8 Å². The molecule has 0 saturated carbocycles. The van der Waals surface area contributed by atoms with Gasteiger partial charge in [0.25, 0.3) is 0 Å². The Kier molecular flexibility index (Phi) is 4.48. The second-order valence-corrected chi connectivity index (χ2v) is 5.48. The van der Waals surface area contributed by atoms with Crippen LogP contribution in [0, 0.1) is 0 Å². The van der Waals surface area contributed by atoms with Gasteiger partial charge in [0.1, 0.15) is 13.2 Å². The number of rotatable bonds is 4. The zero-order valence-electron chi connectivity index (χ0n) is 12.3. The molecule has 2 aliphatic rings. The standard InChI is InChI=1S/C16H22N2O3/c19-16(18-8-2-1-3-9-18)6-7-17-13-4-5-14-15(12-13)21-11-10-20-14/h4-5,12,17H,1-3,6-11H2. The Morgan fingerprint density at radius 3 is 2.67 bits per heavy atom. The zero-order valence-corrected chi connectivity index (χ0v) is 12.3. The lowest BCUT2D eigenvalue weighted by Crippen LogP contribution is -2.36. The number of piperidine rings is 1. The first-order valence-electron chi connectivity index (χ1n) is 7.74. The van der Waals surface area contributed by atoms with Crippen LogP contribution in [0.3, 0.4) is 0 Å². The summed E-state index contributed by atoms with van der Waals surface area (Å²) in [7, 11) is 0. The highest BCUT2D eigenvalue weighted by molar-refractivity contribution is 5.76. The van der Waals surface area contributed by atoms with E-state index in [4.69, 9.17) is 9.47 Å². The number of hydrogen-bond donors (Lipinski definition) is 1. The summed E-state index contributed by atoms with van der Waals surface area (Å²) in [6.07, 6.45) is 4.07. The lowest BCUT2D eigenvalue weighted by atomic mass is 10.1. The summed E-state index contributed by atoms with van der Waals surface area (Å²) >= 11 is 0. The second-order valence-electron chi connectivity index (χ2n) is 5.48. The molecular weight excluding hydrogens is 268 g/mol. The zero-order chi connectivity index (χ0) is 14.5. The van der Waals surface area contributed by atoms with Crippen molar-refractivity contribution in [1.82, 2.24) is 4.90 Å². The third kappa shape index (κ3) is 3.60. The van der Waals surface area contributed by atoms with E-state index < -0.39 is 0 Å². The minimum Gasteiger partial charge on any atom is -0.486 e. The van der Waals surface area contributed by atoms with Crippen molar-refractivity contribution in [2.75, 3.05) is 38.2 Å². The number of carbonyl (C=O) groups excluding carboxylic acids is 1. The van der Waals surface area contributed by atoms with Gasteiger partial charge in [0.05, 0.1) is 0 Å². The fourth-order valence-electron chi connectivity index (χ4n) is 2.77. The Bertz CT molecular complexity index is 498. The van der Waals surface area contributed by atoms with E-state index in [2.05, 4.69) is 5.32 Å². The maximum Gasteiger partial charge on any atom is 0.224 e. The van der Waals surface area contributed by atoms with Gasteiger partial charge in [-0.25, -0.2) is 0 Å². The van der Waals surface area contributed by atoms with Crippen molar-refractivity contribution in [1.29, 1.82) is 0 Å². The summed E-state index contributed by atoms with van der Waals surface area (Å²) in [5.74, 6) is 1.81. The molecule has 114 valence electrons. The highest BCUT2D eigenvalue weighted by atomic mass is 16.6. The second kappa shape index (κ2) is 6.70. The van der Waals surface area contributed by atoms with E-state index in [1.807, 2.05) is 23.1 Å². The monoisotopic (exact) mass is 290 g/mol. The third-order valence-electron chi connectivity index (χ3n) is 3.92. The molecule has 1 fully saturated rings. The van der Waals surface area contributed by atoms with Gasteiger partial charge in [0, 0.05) is 37.8 Å². The largest absolute Gasteiger partial charge is 0.486 e. The molecule has 1 saturated heterocycles. The van der Waals surface area contributed by atoms with Crippen molar-refractivity contribution in [2.45, 2.75) is 25.7 Å². The molecule has 1 aromatic carbocycles. The molecule has 3 rings (SSSR count). The summed E-state index contributed by atoms with van der Waals surface area (Å²) in [4.78, 5) is 14.0. The fourth-order valence-corrected chi connectivity index (χ4v) is 2.77.